The van der Waals surface area contributed by atoms with Crippen LogP contribution in [0.3, 0.4) is 0 Å². The smallest absolute Gasteiger partial charge is 0.119 e. The standard InChI is InChI=1S/C13H10N4S/c14-9-1-2-10-11(7-9)16-4-3-12(10)18-13-8-15-5-6-17-13/h1-8H,14H2. The molecule has 0 bridgehead atoms. The van der Waals surface area contributed by atoms with Crippen molar-refractivity contribution in [3.8, 4) is 0 Å². The first-order valence-electron chi connectivity index (χ1n) is 5.41. The summed E-state index contributed by atoms with van der Waals surface area (Å²) in [7, 11) is 0. The fourth-order valence-electron chi connectivity index (χ4n) is 1.68. The van der Waals surface area contributed by atoms with Crippen LogP contribution < -0.4 is 5.73 Å². The second-order valence-electron chi connectivity index (χ2n) is 3.73. The molecule has 0 saturated heterocycles. The summed E-state index contributed by atoms with van der Waals surface area (Å²) < 4.78 is 0. The molecule has 0 fully saturated rings. The summed E-state index contributed by atoms with van der Waals surface area (Å²) in [6.45, 7) is 0. The van der Waals surface area contributed by atoms with Gasteiger partial charge in [-0.05, 0) is 24.3 Å². The van der Waals surface area contributed by atoms with Crippen LogP contribution in [0.25, 0.3) is 10.9 Å². The van der Waals surface area contributed by atoms with Crippen molar-refractivity contribution in [1.82, 2.24) is 15.0 Å². The summed E-state index contributed by atoms with van der Waals surface area (Å²) in [5.74, 6) is 0. The topological polar surface area (TPSA) is 64.7 Å². The molecule has 5 heteroatoms. The van der Waals surface area contributed by atoms with Crippen LogP contribution in [0.5, 0.6) is 0 Å². The molecule has 0 saturated carbocycles. The van der Waals surface area contributed by atoms with E-state index in [2.05, 4.69) is 15.0 Å². The highest BCUT2D eigenvalue weighted by molar-refractivity contribution is 7.99. The third-order valence-corrected chi connectivity index (χ3v) is 3.48. The highest BCUT2D eigenvalue weighted by atomic mass is 32.2. The monoisotopic (exact) mass is 254 g/mol. The van der Waals surface area contributed by atoms with Crippen molar-refractivity contribution in [2.75, 3.05) is 5.73 Å². The second kappa shape index (κ2) is 4.62. The molecule has 0 unspecified atom stereocenters. The zero-order chi connectivity index (χ0) is 12.4. The molecule has 0 radical (unpaired) electrons. The van der Waals surface area contributed by atoms with Gasteiger partial charge in [-0.15, -0.1) is 0 Å². The molecule has 1 aromatic carbocycles. The Hall–Kier alpha value is -2.14. The first-order chi connectivity index (χ1) is 8.83. The molecule has 2 N–H and O–H groups in total. The van der Waals surface area contributed by atoms with Crippen LogP contribution in [0.2, 0.25) is 0 Å². The number of aromatic nitrogens is 3. The average molecular weight is 254 g/mol. The van der Waals surface area contributed by atoms with Crippen molar-refractivity contribution in [3.05, 3.63) is 49.1 Å². The Balaban J connectivity index is 2.07. The summed E-state index contributed by atoms with van der Waals surface area (Å²) in [4.78, 5) is 13.7. The van der Waals surface area contributed by atoms with E-state index in [1.165, 1.54) is 0 Å². The minimum Gasteiger partial charge on any atom is -0.399 e. The zero-order valence-corrected chi connectivity index (χ0v) is 10.3. The fourth-order valence-corrected chi connectivity index (χ4v) is 2.54. The van der Waals surface area contributed by atoms with E-state index in [9.17, 15) is 0 Å². The quantitative estimate of drug-likeness (QED) is 0.712. The van der Waals surface area contributed by atoms with Crippen LogP contribution in [0.1, 0.15) is 0 Å². The molecule has 88 valence electrons. The van der Waals surface area contributed by atoms with Gasteiger partial charge in [0, 0.05) is 34.6 Å². The van der Waals surface area contributed by atoms with E-state index < -0.39 is 0 Å². The molecule has 18 heavy (non-hydrogen) atoms. The number of nitrogens with two attached hydrogens (primary N) is 1. The van der Waals surface area contributed by atoms with Gasteiger partial charge < -0.3 is 5.73 Å². The predicted molar refractivity (Wildman–Crippen MR) is 72.3 cm³/mol. The number of hydrogen-bond donors (Lipinski definition) is 1. The molecule has 2 heterocycles. The summed E-state index contributed by atoms with van der Waals surface area (Å²) >= 11 is 1.57. The molecule has 0 spiro atoms. The Morgan fingerprint density at radius 3 is 2.78 bits per heavy atom. The van der Waals surface area contributed by atoms with Gasteiger partial charge in [-0.1, -0.05) is 11.8 Å². The van der Waals surface area contributed by atoms with Gasteiger partial charge in [0.15, 0.2) is 0 Å². The Labute approximate surface area is 108 Å². The lowest BCUT2D eigenvalue weighted by Gasteiger charge is -2.05. The van der Waals surface area contributed by atoms with E-state index in [0.717, 1.165) is 26.5 Å². The number of benzene rings is 1. The molecule has 0 atom stereocenters. The molecule has 4 nitrogen and oxygen atoms in total. The zero-order valence-electron chi connectivity index (χ0n) is 9.45. The third-order valence-electron chi connectivity index (χ3n) is 2.48. The number of nitrogen functional groups attached to an aromatic ring is 1. The van der Waals surface area contributed by atoms with Gasteiger partial charge in [-0.2, -0.15) is 0 Å². The van der Waals surface area contributed by atoms with Gasteiger partial charge in [0.1, 0.15) is 5.03 Å². The molecule has 0 aliphatic heterocycles. The van der Waals surface area contributed by atoms with Crippen molar-refractivity contribution in [2.24, 2.45) is 0 Å². The van der Waals surface area contributed by atoms with Crippen molar-refractivity contribution in [1.29, 1.82) is 0 Å². The summed E-state index contributed by atoms with van der Waals surface area (Å²) in [5.41, 5.74) is 7.37. The van der Waals surface area contributed by atoms with E-state index in [4.69, 9.17) is 5.73 Å². The van der Waals surface area contributed by atoms with E-state index in [1.54, 1.807) is 36.5 Å². The van der Waals surface area contributed by atoms with Crippen LogP contribution in [-0.2, 0) is 0 Å². The van der Waals surface area contributed by atoms with E-state index in [-0.39, 0.29) is 0 Å². The third kappa shape index (κ3) is 2.12. The Bertz CT molecular complexity index is 685. The normalized spacial score (nSPS) is 10.7. The molecule has 2 aromatic heterocycles. The maximum absolute atomic E-state index is 5.76. The minimum absolute atomic E-state index is 0.719. The molecule has 0 aliphatic rings. The van der Waals surface area contributed by atoms with E-state index >= 15 is 0 Å². The number of nitrogens with zero attached hydrogens (tertiary/aromatic N) is 3. The van der Waals surface area contributed by atoms with Gasteiger partial charge >= 0.3 is 0 Å². The maximum atomic E-state index is 5.76. The van der Waals surface area contributed by atoms with Crippen LogP contribution >= 0.6 is 11.8 Å². The Morgan fingerprint density at radius 1 is 1.00 bits per heavy atom. The van der Waals surface area contributed by atoms with Gasteiger partial charge in [0.25, 0.3) is 0 Å². The first kappa shape index (κ1) is 11.0. The summed E-state index contributed by atoms with van der Waals surface area (Å²) in [5, 5.41) is 1.93. The summed E-state index contributed by atoms with van der Waals surface area (Å²) in [6.07, 6.45) is 6.87. The largest absolute Gasteiger partial charge is 0.399 e. The van der Waals surface area contributed by atoms with Crippen LogP contribution in [0, 0.1) is 0 Å². The first-order valence-corrected chi connectivity index (χ1v) is 6.23. The van der Waals surface area contributed by atoms with Crippen molar-refractivity contribution in [2.45, 2.75) is 9.92 Å². The van der Waals surface area contributed by atoms with E-state index in [1.807, 2.05) is 24.3 Å². The van der Waals surface area contributed by atoms with Gasteiger partial charge in [-0.25, -0.2) is 4.98 Å². The predicted octanol–water partition coefficient (Wildman–Crippen LogP) is 2.76. The number of hydrogen-bond acceptors (Lipinski definition) is 5. The molecular formula is C13H10N4S. The van der Waals surface area contributed by atoms with E-state index in [0.29, 0.717) is 0 Å². The van der Waals surface area contributed by atoms with Crippen molar-refractivity contribution >= 4 is 28.4 Å². The lowest BCUT2D eigenvalue weighted by molar-refractivity contribution is 1.06. The van der Waals surface area contributed by atoms with Gasteiger partial charge in [-0.3, -0.25) is 9.97 Å². The lowest BCUT2D eigenvalue weighted by Crippen LogP contribution is -1.88. The van der Waals surface area contributed by atoms with Crippen LogP contribution in [0.15, 0.2) is 59.0 Å². The molecule has 0 amide bonds. The fraction of sp³-hybridized carbons (Fsp3) is 0. The van der Waals surface area contributed by atoms with Crippen LogP contribution in [-0.4, -0.2) is 15.0 Å². The number of fused-ring (bicyclic) bond motifs is 1. The van der Waals surface area contributed by atoms with Gasteiger partial charge in [0.2, 0.25) is 0 Å². The Morgan fingerprint density at radius 2 is 1.94 bits per heavy atom. The number of anilines is 1. The van der Waals surface area contributed by atoms with Crippen LogP contribution in [0.4, 0.5) is 5.69 Å². The van der Waals surface area contributed by atoms with Gasteiger partial charge in [0.05, 0.1) is 11.7 Å². The molecule has 0 aliphatic carbocycles. The lowest BCUT2D eigenvalue weighted by atomic mass is 10.2. The molecular weight excluding hydrogens is 244 g/mol. The molecule has 3 aromatic rings. The number of pyridine rings is 1. The highest BCUT2D eigenvalue weighted by Gasteiger charge is 2.05. The highest BCUT2D eigenvalue weighted by Crippen LogP contribution is 2.31. The summed E-state index contributed by atoms with van der Waals surface area (Å²) in [6, 6.07) is 7.70. The Kier molecular flexibility index (Phi) is 2.82. The SMILES string of the molecule is Nc1ccc2c(Sc3cnccn3)ccnc2c1. The van der Waals surface area contributed by atoms with Crippen molar-refractivity contribution < 1.29 is 0 Å². The second-order valence-corrected chi connectivity index (χ2v) is 4.79. The average Bonchev–Trinajstić information content (AvgIpc) is 2.40. The number of rotatable bonds is 2. The molecule has 3 rings (SSSR count). The maximum Gasteiger partial charge on any atom is 0.119 e. The van der Waals surface area contributed by atoms with Crippen molar-refractivity contribution in [3.63, 3.8) is 0 Å². The minimum atomic E-state index is 0.719.